The van der Waals surface area contributed by atoms with Crippen molar-refractivity contribution >= 4 is 29.1 Å². The van der Waals surface area contributed by atoms with E-state index in [4.69, 9.17) is 4.74 Å². The van der Waals surface area contributed by atoms with Crippen LogP contribution in [0, 0.1) is 18.6 Å². The van der Waals surface area contributed by atoms with Gasteiger partial charge in [-0.05, 0) is 37.3 Å². The Kier molecular flexibility index (Phi) is 5.25. The molecule has 0 amide bonds. The summed E-state index contributed by atoms with van der Waals surface area (Å²) in [6.07, 6.45) is 0. The fourth-order valence-electron chi connectivity index (χ4n) is 2.38. The fourth-order valence-corrected chi connectivity index (χ4v) is 2.38. The number of carbonyl (C=O) groups is 1. The number of hydrogen-bond acceptors (Lipinski definition) is 6. The van der Waals surface area contributed by atoms with Gasteiger partial charge < -0.3 is 15.4 Å². The number of esters is 1. The number of hydrogen-bond donors (Lipinski definition) is 2. The molecule has 1 heterocycles. The van der Waals surface area contributed by atoms with E-state index in [1.54, 1.807) is 37.3 Å². The number of benzene rings is 2. The predicted molar refractivity (Wildman–Crippen MR) is 97.5 cm³/mol. The van der Waals surface area contributed by atoms with Crippen molar-refractivity contribution in [1.29, 1.82) is 0 Å². The SMILES string of the molecule is COC(=O)c1cccc(Nc2cc(C)nc(Nc3ccc(F)c(F)c3)n2)c1. The number of nitrogens with one attached hydrogen (secondary N) is 2. The second kappa shape index (κ2) is 7.77. The van der Waals surface area contributed by atoms with E-state index in [0.717, 1.165) is 12.1 Å². The van der Waals surface area contributed by atoms with Crippen molar-refractivity contribution in [2.24, 2.45) is 0 Å². The number of aromatic nitrogens is 2. The van der Waals surface area contributed by atoms with E-state index in [-0.39, 0.29) is 5.95 Å². The molecule has 3 aromatic rings. The Labute approximate surface area is 154 Å². The summed E-state index contributed by atoms with van der Waals surface area (Å²) < 4.78 is 31.1. The number of halogens is 2. The Bertz CT molecular complexity index is 995. The van der Waals surface area contributed by atoms with Gasteiger partial charge in [-0.3, -0.25) is 0 Å². The molecule has 0 fully saturated rings. The van der Waals surface area contributed by atoms with Crippen molar-refractivity contribution in [3.63, 3.8) is 0 Å². The first-order valence-electron chi connectivity index (χ1n) is 7.98. The second-order valence-corrected chi connectivity index (χ2v) is 5.67. The molecule has 2 N–H and O–H groups in total. The predicted octanol–water partition coefficient (Wildman–Crippen LogP) is 4.34. The van der Waals surface area contributed by atoms with E-state index in [9.17, 15) is 13.6 Å². The zero-order chi connectivity index (χ0) is 19.4. The Morgan fingerprint density at radius 1 is 0.963 bits per heavy atom. The molecule has 3 rings (SSSR count). The van der Waals surface area contributed by atoms with Crippen LogP contribution in [-0.2, 0) is 4.74 Å². The standard InChI is InChI=1S/C19H16F2N4O2/c1-11-8-17(23-13-5-3-4-12(9-13)18(26)27-2)25-19(22-11)24-14-6-7-15(20)16(21)10-14/h3-10H,1-2H3,(H2,22,23,24,25). The molecule has 0 aliphatic heterocycles. The lowest BCUT2D eigenvalue weighted by atomic mass is 10.2. The molecule has 0 saturated heterocycles. The zero-order valence-electron chi connectivity index (χ0n) is 14.6. The number of anilines is 4. The summed E-state index contributed by atoms with van der Waals surface area (Å²) in [5.74, 6) is -1.66. The smallest absolute Gasteiger partial charge is 0.337 e. The zero-order valence-corrected chi connectivity index (χ0v) is 14.6. The van der Waals surface area contributed by atoms with Crippen LogP contribution in [0.5, 0.6) is 0 Å². The number of methoxy groups -OCH3 is 1. The van der Waals surface area contributed by atoms with Gasteiger partial charge in [0.25, 0.3) is 0 Å². The van der Waals surface area contributed by atoms with Gasteiger partial charge in [-0.15, -0.1) is 0 Å². The lowest BCUT2D eigenvalue weighted by Crippen LogP contribution is -2.04. The largest absolute Gasteiger partial charge is 0.465 e. The van der Waals surface area contributed by atoms with Gasteiger partial charge in [0.2, 0.25) is 5.95 Å². The van der Waals surface area contributed by atoms with Gasteiger partial charge in [0, 0.05) is 29.2 Å². The number of nitrogens with zero attached hydrogens (tertiary/aromatic N) is 2. The number of ether oxygens (including phenoxy) is 1. The Morgan fingerprint density at radius 2 is 1.74 bits per heavy atom. The van der Waals surface area contributed by atoms with E-state index in [1.807, 2.05) is 0 Å². The molecule has 6 nitrogen and oxygen atoms in total. The first-order valence-corrected chi connectivity index (χ1v) is 7.98. The minimum Gasteiger partial charge on any atom is -0.465 e. The van der Waals surface area contributed by atoms with Crippen molar-refractivity contribution < 1.29 is 18.3 Å². The summed E-state index contributed by atoms with van der Waals surface area (Å²) in [5, 5.41) is 5.91. The molecule has 8 heteroatoms. The van der Waals surface area contributed by atoms with Gasteiger partial charge in [-0.2, -0.15) is 4.98 Å². The van der Waals surface area contributed by atoms with Crippen LogP contribution in [0.3, 0.4) is 0 Å². The van der Waals surface area contributed by atoms with Gasteiger partial charge in [-0.25, -0.2) is 18.6 Å². The van der Waals surface area contributed by atoms with E-state index < -0.39 is 17.6 Å². The van der Waals surface area contributed by atoms with Crippen LogP contribution in [0.15, 0.2) is 48.5 Å². The van der Waals surface area contributed by atoms with Crippen molar-refractivity contribution in [3.05, 3.63) is 71.4 Å². The van der Waals surface area contributed by atoms with Crippen LogP contribution in [0.25, 0.3) is 0 Å². The van der Waals surface area contributed by atoms with E-state index in [1.165, 1.54) is 13.2 Å². The highest BCUT2D eigenvalue weighted by atomic mass is 19.2. The lowest BCUT2D eigenvalue weighted by molar-refractivity contribution is 0.0601. The quantitative estimate of drug-likeness (QED) is 0.651. The highest BCUT2D eigenvalue weighted by molar-refractivity contribution is 5.90. The molecule has 0 aliphatic rings. The maximum Gasteiger partial charge on any atom is 0.337 e. The molecule has 1 aromatic heterocycles. The van der Waals surface area contributed by atoms with E-state index in [2.05, 4.69) is 20.6 Å². The van der Waals surface area contributed by atoms with Gasteiger partial charge >= 0.3 is 5.97 Å². The van der Waals surface area contributed by atoms with Crippen LogP contribution in [0.1, 0.15) is 16.1 Å². The maximum atomic E-state index is 13.4. The lowest BCUT2D eigenvalue weighted by Gasteiger charge is -2.11. The number of rotatable bonds is 5. The van der Waals surface area contributed by atoms with Crippen LogP contribution < -0.4 is 10.6 Å². The summed E-state index contributed by atoms with van der Waals surface area (Å²) in [6, 6.07) is 11.9. The normalized spacial score (nSPS) is 10.4. The summed E-state index contributed by atoms with van der Waals surface area (Å²) >= 11 is 0. The Balaban J connectivity index is 1.83. The Hall–Kier alpha value is -3.55. The molecule has 27 heavy (non-hydrogen) atoms. The van der Waals surface area contributed by atoms with Crippen molar-refractivity contribution in [2.75, 3.05) is 17.7 Å². The molecule has 138 valence electrons. The topological polar surface area (TPSA) is 76.1 Å². The minimum atomic E-state index is -0.967. The summed E-state index contributed by atoms with van der Waals surface area (Å²) in [6.45, 7) is 1.77. The maximum absolute atomic E-state index is 13.4. The highest BCUT2D eigenvalue weighted by Crippen LogP contribution is 2.21. The fraction of sp³-hybridized carbons (Fsp3) is 0.105. The molecular formula is C19H16F2N4O2. The third-order valence-corrected chi connectivity index (χ3v) is 3.59. The van der Waals surface area contributed by atoms with Crippen molar-refractivity contribution in [2.45, 2.75) is 6.92 Å². The van der Waals surface area contributed by atoms with Gasteiger partial charge in [0.05, 0.1) is 12.7 Å². The van der Waals surface area contributed by atoms with Gasteiger partial charge in [0.15, 0.2) is 11.6 Å². The molecule has 0 atom stereocenters. The minimum absolute atomic E-state index is 0.215. The van der Waals surface area contributed by atoms with Crippen molar-refractivity contribution in [1.82, 2.24) is 9.97 Å². The molecular weight excluding hydrogens is 354 g/mol. The monoisotopic (exact) mass is 370 g/mol. The first kappa shape index (κ1) is 18.2. The highest BCUT2D eigenvalue weighted by Gasteiger charge is 2.09. The third kappa shape index (κ3) is 4.55. The third-order valence-electron chi connectivity index (χ3n) is 3.59. The molecule has 0 aliphatic carbocycles. The molecule has 0 saturated carbocycles. The molecule has 0 radical (unpaired) electrons. The summed E-state index contributed by atoms with van der Waals surface area (Å²) in [7, 11) is 1.31. The molecule has 2 aromatic carbocycles. The van der Waals surface area contributed by atoms with Crippen molar-refractivity contribution in [3.8, 4) is 0 Å². The number of carbonyl (C=O) groups excluding carboxylic acids is 1. The van der Waals surface area contributed by atoms with Gasteiger partial charge in [-0.1, -0.05) is 6.07 Å². The second-order valence-electron chi connectivity index (χ2n) is 5.67. The van der Waals surface area contributed by atoms with Crippen LogP contribution >= 0.6 is 0 Å². The van der Waals surface area contributed by atoms with Crippen LogP contribution in [-0.4, -0.2) is 23.0 Å². The first-order chi connectivity index (χ1) is 12.9. The summed E-state index contributed by atoms with van der Waals surface area (Å²) in [4.78, 5) is 20.2. The van der Waals surface area contributed by atoms with Crippen LogP contribution in [0.4, 0.5) is 31.9 Å². The number of aryl methyl sites for hydroxylation is 1. The summed E-state index contributed by atoms with van der Waals surface area (Å²) in [5.41, 5.74) is 2.00. The van der Waals surface area contributed by atoms with Gasteiger partial charge in [0.1, 0.15) is 5.82 Å². The molecule has 0 bridgehead atoms. The van der Waals surface area contributed by atoms with E-state index in [0.29, 0.717) is 28.5 Å². The average molecular weight is 370 g/mol. The van der Waals surface area contributed by atoms with E-state index >= 15 is 0 Å². The Morgan fingerprint density at radius 3 is 2.48 bits per heavy atom. The molecule has 0 unspecified atom stereocenters. The van der Waals surface area contributed by atoms with Crippen LogP contribution in [0.2, 0.25) is 0 Å². The molecule has 0 spiro atoms. The average Bonchev–Trinajstić information content (AvgIpc) is 2.64.